The van der Waals surface area contributed by atoms with E-state index in [-0.39, 0.29) is 17.9 Å². The molecule has 0 aliphatic heterocycles. The van der Waals surface area contributed by atoms with Crippen molar-refractivity contribution in [2.75, 3.05) is 0 Å². The number of hydrogen-bond donors (Lipinski definition) is 2. The van der Waals surface area contributed by atoms with Gasteiger partial charge in [-0.1, -0.05) is 51.7 Å². The molecule has 1 unspecified atom stereocenters. The quantitative estimate of drug-likeness (QED) is 0.717. The van der Waals surface area contributed by atoms with Gasteiger partial charge in [0.05, 0.1) is 11.0 Å². The van der Waals surface area contributed by atoms with Crippen LogP contribution in [0.15, 0.2) is 0 Å². The second-order valence-corrected chi connectivity index (χ2v) is 5.85. The molecule has 3 N–H and O–H groups in total. The lowest BCUT2D eigenvalue weighted by molar-refractivity contribution is -0.121. The molecular formula is C13H24N2OS. The third-order valence-electron chi connectivity index (χ3n) is 3.54. The van der Waals surface area contributed by atoms with Gasteiger partial charge >= 0.3 is 0 Å². The predicted molar refractivity (Wildman–Crippen MR) is 74.7 cm³/mol. The van der Waals surface area contributed by atoms with Crippen molar-refractivity contribution in [3.63, 3.8) is 0 Å². The van der Waals surface area contributed by atoms with Crippen LogP contribution >= 0.6 is 12.2 Å². The molecule has 1 rings (SSSR count). The summed E-state index contributed by atoms with van der Waals surface area (Å²) in [4.78, 5) is 12.2. The third-order valence-corrected chi connectivity index (χ3v) is 3.80. The predicted octanol–water partition coefficient (Wildman–Crippen LogP) is 2.38. The Morgan fingerprint density at radius 3 is 2.47 bits per heavy atom. The standard InChI is InChI=1S/C13H24N2OS/c1-9(2)12(13(14)17)15-11(16)8-7-10-5-3-4-6-10/h9-10,12H,3-8H2,1-2H3,(H2,14,17)(H,15,16). The van der Waals surface area contributed by atoms with Gasteiger partial charge in [-0.15, -0.1) is 0 Å². The highest BCUT2D eigenvalue weighted by Crippen LogP contribution is 2.28. The van der Waals surface area contributed by atoms with Crippen molar-refractivity contribution in [3.8, 4) is 0 Å². The number of nitrogens with one attached hydrogen (secondary N) is 1. The first-order valence-corrected chi connectivity index (χ1v) is 7.00. The average molecular weight is 256 g/mol. The summed E-state index contributed by atoms with van der Waals surface area (Å²) in [6, 6.07) is -0.166. The minimum absolute atomic E-state index is 0.0865. The molecule has 0 heterocycles. The van der Waals surface area contributed by atoms with Crippen LogP contribution in [0.5, 0.6) is 0 Å². The van der Waals surface area contributed by atoms with Gasteiger partial charge in [0, 0.05) is 6.42 Å². The van der Waals surface area contributed by atoms with Gasteiger partial charge in [0.15, 0.2) is 0 Å². The topological polar surface area (TPSA) is 55.1 Å². The number of nitrogens with two attached hydrogens (primary N) is 1. The second kappa shape index (κ2) is 6.94. The van der Waals surface area contributed by atoms with Crippen LogP contribution in [0.4, 0.5) is 0 Å². The zero-order valence-electron chi connectivity index (χ0n) is 10.9. The molecule has 98 valence electrons. The molecule has 0 spiro atoms. The number of amides is 1. The van der Waals surface area contributed by atoms with E-state index in [1.807, 2.05) is 13.8 Å². The Labute approximate surface area is 110 Å². The molecule has 1 aliphatic rings. The fourth-order valence-electron chi connectivity index (χ4n) is 2.45. The van der Waals surface area contributed by atoms with Crippen LogP contribution in [0.2, 0.25) is 0 Å². The van der Waals surface area contributed by atoms with Gasteiger partial charge in [-0.05, 0) is 18.3 Å². The van der Waals surface area contributed by atoms with Crippen molar-refractivity contribution in [1.29, 1.82) is 0 Å². The van der Waals surface area contributed by atoms with Crippen molar-refractivity contribution < 1.29 is 4.79 Å². The molecule has 0 aromatic rings. The number of thiocarbonyl (C=S) groups is 1. The van der Waals surface area contributed by atoms with E-state index in [0.29, 0.717) is 11.4 Å². The number of carbonyl (C=O) groups is 1. The fourth-order valence-corrected chi connectivity index (χ4v) is 2.78. The summed E-state index contributed by atoms with van der Waals surface area (Å²) < 4.78 is 0. The molecule has 0 radical (unpaired) electrons. The minimum Gasteiger partial charge on any atom is -0.392 e. The monoisotopic (exact) mass is 256 g/mol. The maximum Gasteiger partial charge on any atom is 0.220 e. The molecule has 3 nitrogen and oxygen atoms in total. The van der Waals surface area contributed by atoms with Crippen LogP contribution in [0, 0.1) is 11.8 Å². The van der Waals surface area contributed by atoms with Gasteiger partial charge in [-0.3, -0.25) is 4.79 Å². The van der Waals surface area contributed by atoms with Gasteiger partial charge in [0.1, 0.15) is 0 Å². The van der Waals surface area contributed by atoms with Crippen LogP contribution in [0.25, 0.3) is 0 Å². The molecule has 1 amide bonds. The number of hydrogen-bond acceptors (Lipinski definition) is 2. The summed E-state index contributed by atoms with van der Waals surface area (Å²) in [5.41, 5.74) is 5.62. The molecule has 1 fully saturated rings. The first-order valence-electron chi connectivity index (χ1n) is 6.59. The number of rotatable bonds is 6. The molecule has 1 atom stereocenters. The van der Waals surface area contributed by atoms with Gasteiger partial charge in [-0.25, -0.2) is 0 Å². The lowest BCUT2D eigenvalue weighted by Gasteiger charge is -2.21. The van der Waals surface area contributed by atoms with E-state index in [0.717, 1.165) is 12.3 Å². The molecule has 1 saturated carbocycles. The Hall–Kier alpha value is -0.640. The van der Waals surface area contributed by atoms with E-state index >= 15 is 0 Å². The second-order valence-electron chi connectivity index (χ2n) is 5.38. The lowest BCUT2D eigenvalue weighted by Crippen LogP contribution is -2.46. The zero-order valence-corrected chi connectivity index (χ0v) is 11.7. The van der Waals surface area contributed by atoms with Crippen molar-refractivity contribution in [1.82, 2.24) is 5.32 Å². The highest BCUT2D eigenvalue weighted by Gasteiger charge is 2.20. The van der Waals surface area contributed by atoms with Crippen LogP contribution < -0.4 is 11.1 Å². The summed E-state index contributed by atoms with van der Waals surface area (Å²) in [6.45, 7) is 4.03. The maximum atomic E-state index is 11.8. The Kier molecular flexibility index (Phi) is 5.89. The maximum absolute atomic E-state index is 11.8. The summed E-state index contributed by atoms with van der Waals surface area (Å²) in [5, 5.41) is 2.93. The molecule has 0 aromatic heterocycles. The molecule has 0 aromatic carbocycles. The van der Waals surface area contributed by atoms with Gasteiger partial charge in [0.2, 0.25) is 5.91 Å². The first-order chi connectivity index (χ1) is 8.00. The highest BCUT2D eigenvalue weighted by molar-refractivity contribution is 7.80. The minimum atomic E-state index is -0.166. The normalized spacial score (nSPS) is 18.3. The summed E-state index contributed by atoms with van der Waals surface area (Å²) in [7, 11) is 0. The first kappa shape index (κ1) is 14.4. The Bertz CT molecular complexity index is 273. The van der Waals surface area contributed by atoms with E-state index in [1.54, 1.807) is 0 Å². The average Bonchev–Trinajstić information content (AvgIpc) is 2.74. The van der Waals surface area contributed by atoms with Crippen molar-refractivity contribution in [3.05, 3.63) is 0 Å². The summed E-state index contributed by atoms with van der Waals surface area (Å²) in [6.07, 6.45) is 6.85. The smallest absolute Gasteiger partial charge is 0.220 e. The van der Waals surface area contributed by atoms with Crippen molar-refractivity contribution >= 4 is 23.1 Å². The molecule has 0 saturated heterocycles. The van der Waals surface area contributed by atoms with E-state index in [2.05, 4.69) is 5.32 Å². The lowest BCUT2D eigenvalue weighted by atomic mass is 10.0. The van der Waals surface area contributed by atoms with Crippen molar-refractivity contribution in [2.24, 2.45) is 17.6 Å². The molecule has 0 bridgehead atoms. The van der Waals surface area contributed by atoms with E-state index in [9.17, 15) is 4.79 Å². The molecule has 1 aliphatic carbocycles. The van der Waals surface area contributed by atoms with Gasteiger partial charge in [-0.2, -0.15) is 0 Å². The molecule has 17 heavy (non-hydrogen) atoms. The Morgan fingerprint density at radius 1 is 1.41 bits per heavy atom. The summed E-state index contributed by atoms with van der Waals surface area (Å²) >= 11 is 4.97. The largest absolute Gasteiger partial charge is 0.392 e. The molecular weight excluding hydrogens is 232 g/mol. The van der Waals surface area contributed by atoms with Crippen LogP contribution in [-0.4, -0.2) is 16.9 Å². The zero-order chi connectivity index (χ0) is 12.8. The Balaban J connectivity index is 2.29. The van der Waals surface area contributed by atoms with Crippen LogP contribution in [0.3, 0.4) is 0 Å². The fraction of sp³-hybridized carbons (Fsp3) is 0.846. The van der Waals surface area contributed by atoms with Crippen molar-refractivity contribution in [2.45, 2.75) is 58.4 Å². The summed E-state index contributed by atoms with van der Waals surface area (Å²) in [5.74, 6) is 1.09. The Morgan fingerprint density at radius 2 is 2.00 bits per heavy atom. The molecule has 4 heteroatoms. The van der Waals surface area contributed by atoms with E-state index < -0.39 is 0 Å². The van der Waals surface area contributed by atoms with Gasteiger partial charge in [0.25, 0.3) is 0 Å². The van der Waals surface area contributed by atoms with Crippen LogP contribution in [-0.2, 0) is 4.79 Å². The van der Waals surface area contributed by atoms with E-state index in [1.165, 1.54) is 25.7 Å². The van der Waals surface area contributed by atoms with Gasteiger partial charge < -0.3 is 11.1 Å². The third kappa shape index (κ3) is 5.02. The SMILES string of the molecule is CC(C)C(NC(=O)CCC1CCCC1)C(N)=S. The number of carbonyl (C=O) groups excluding carboxylic acids is 1. The highest BCUT2D eigenvalue weighted by atomic mass is 32.1. The van der Waals surface area contributed by atoms with Crippen LogP contribution in [0.1, 0.15) is 52.4 Å². The van der Waals surface area contributed by atoms with E-state index in [4.69, 9.17) is 18.0 Å².